The van der Waals surface area contributed by atoms with Crippen LogP contribution in [0.3, 0.4) is 0 Å². The predicted molar refractivity (Wildman–Crippen MR) is 121 cm³/mol. The van der Waals surface area contributed by atoms with Gasteiger partial charge in [-0.25, -0.2) is 0 Å². The molecule has 152 valence electrons. The van der Waals surface area contributed by atoms with Crippen molar-refractivity contribution in [3.8, 4) is 5.75 Å². The molecule has 0 bridgehead atoms. The summed E-state index contributed by atoms with van der Waals surface area (Å²) in [5, 5.41) is 2.81. The Bertz CT molecular complexity index is 1100. The Morgan fingerprint density at radius 1 is 1.07 bits per heavy atom. The molecule has 4 rings (SSSR count). The molecule has 3 aromatic rings. The Kier molecular flexibility index (Phi) is 5.77. The summed E-state index contributed by atoms with van der Waals surface area (Å²) < 4.78 is 5.19. The third kappa shape index (κ3) is 4.19. The average molecular weight is 419 g/mol. The van der Waals surface area contributed by atoms with Gasteiger partial charge in [0.05, 0.1) is 12.9 Å². The molecule has 1 aliphatic rings. The van der Waals surface area contributed by atoms with Crippen LogP contribution in [0.1, 0.15) is 26.9 Å². The van der Waals surface area contributed by atoms with Gasteiger partial charge >= 0.3 is 0 Å². The molecule has 5 nitrogen and oxygen atoms in total. The Balaban J connectivity index is 1.58. The highest BCUT2D eigenvalue weighted by Crippen LogP contribution is 2.42. The van der Waals surface area contributed by atoms with Crippen LogP contribution in [-0.2, 0) is 4.79 Å². The van der Waals surface area contributed by atoms with Gasteiger partial charge < -0.3 is 10.1 Å². The first-order valence-corrected chi connectivity index (χ1v) is 10.7. The second-order valence-electron chi connectivity index (χ2n) is 7.08. The maximum Gasteiger partial charge on any atom is 0.255 e. The molecule has 1 N–H and O–H groups in total. The minimum atomic E-state index is -0.211. The minimum Gasteiger partial charge on any atom is -0.497 e. The van der Waals surface area contributed by atoms with Gasteiger partial charge in [-0.2, -0.15) is 0 Å². The van der Waals surface area contributed by atoms with E-state index in [9.17, 15) is 9.59 Å². The number of carbonyl (C=O) groups excluding carboxylic acids is 2. The molecular formula is C24H22N2O3S. The number of nitrogens with zero attached hydrogens (tertiary/aromatic N) is 1. The Morgan fingerprint density at radius 2 is 1.87 bits per heavy atom. The van der Waals surface area contributed by atoms with E-state index in [4.69, 9.17) is 4.74 Å². The average Bonchev–Trinajstić information content (AvgIpc) is 3.15. The van der Waals surface area contributed by atoms with Crippen molar-refractivity contribution < 1.29 is 14.3 Å². The van der Waals surface area contributed by atoms with Crippen molar-refractivity contribution in [2.45, 2.75) is 12.3 Å². The molecule has 0 radical (unpaired) electrons. The highest BCUT2D eigenvalue weighted by atomic mass is 32.2. The van der Waals surface area contributed by atoms with E-state index in [1.807, 2.05) is 60.4 Å². The number of hydrogen-bond donors (Lipinski definition) is 1. The van der Waals surface area contributed by atoms with Crippen molar-refractivity contribution in [1.82, 2.24) is 0 Å². The zero-order valence-corrected chi connectivity index (χ0v) is 17.6. The fourth-order valence-electron chi connectivity index (χ4n) is 3.47. The summed E-state index contributed by atoms with van der Waals surface area (Å²) in [7, 11) is 1.57. The minimum absolute atomic E-state index is 0.0846. The smallest absolute Gasteiger partial charge is 0.255 e. The van der Waals surface area contributed by atoms with E-state index < -0.39 is 0 Å². The molecule has 0 aromatic heterocycles. The Hall–Kier alpha value is -3.25. The molecule has 0 saturated carbocycles. The molecule has 2 amide bonds. The van der Waals surface area contributed by atoms with Crippen molar-refractivity contribution in [1.29, 1.82) is 0 Å². The molecule has 1 aliphatic heterocycles. The molecular weight excluding hydrogens is 396 g/mol. The molecule has 0 spiro atoms. The van der Waals surface area contributed by atoms with Crippen LogP contribution in [-0.4, -0.2) is 24.7 Å². The molecule has 6 heteroatoms. The van der Waals surface area contributed by atoms with E-state index in [-0.39, 0.29) is 17.2 Å². The number of thioether (sulfide) groups is 1. The summed E-state index contributed by atoms with van der Waals surface area (Å²) in [6.45, 7) is 2.01. The number of hydrogen-bond acceptors (Lipinski definition) is 4. The number of benzene rings is 3. The number of rotatable bonds is 5. The summed E-state index contributed by atoms with van der Waals surface area (Å²) in [6, 6.07) is 22.6. The lowest BCUT2D eigenvalue weighted by Crippen LogP contribution is -2.27. The molecule has 3 aromatic carbocycles. The quantitative estimate of drug-likeness (QED) is 0.631. The highest BCUT2D eigenvalue weighted by molar-refractivity contribution is 8.00. The first-order chi connectivity index (χ1) is 14.5. The summed E-state index contributed by atoms with van der Waals surface area (Å²) in [5.74, 6) is 0.933. The van der Waals surface area contributed by atoms with Gasteiger partial charge in [-0.05, 0) is 60.5 Å². The summed E-state index contributed by atoms with van der Waals surface area (Å²) in [5.41, 5.74) is 4.17. The lowest BCUT2D eigenvalue weighted by atomic mass is 10.1. The first kappa shape index (κ1) is 20.0. The molecule has 0 aliphatic carbocycles. The van der Waals surface area contributed by atoms with Crippen molar-refractivity contribution in [3.63, 3.8) is 0 Å². The summed E-state index contributed by atoms with van der Waals surface area (Å²) in [4.78, 5) is 27.1. The number of carbonyl (C=O) groups is 2. The van der Waals surface area contributed by atoms with Crippen molar-refractivity contribution in [3.05, 3.63) is 89.5 Å². The molecule has 1 fully saturated rings. The van der Waals surface area contributed by atoms with Crippen LogP contribution in [0.2, 0.25) is 0 Å². The molecule has 1 unspecified atom stereocenters. The van der Waals surface area contributed by atoms with Gasteiger partial charge in [0.2, 0.25) is 5.91 Å². The number of anilines is 2. The topological polar surface area (TPSA) is 58.6 Å². The summed E-state index contributed by atoms with van der Waals surface area (Å²) in [6.07, 6.45) is 0. The van der Waals surface area contributed by atoms with Gasteiger partial charge in [-0.1, -0.05) is 30.3 Å². The van der Waals surface area contributed by atoms with Gasteiger partial charge in [-0.15, -0.1) is 11.8 Å². The van der Waals surface area contributed by atoms with Crippen LogP contribution in [0.15, 0.2) is 72.8 Å². The molecule has 30 heavy (non-hydrogen) atoms. The lowest BCUT2D eigenvalue weighted by molar-refractivity contribution is -0.115. The van der Waals surface area contributed by atoms with Gasteiger partial charge in [0.25, 0.3) is 5.91 Å². The monoisotopic (exact) mass is 418 g/mol. The van der Waals surface area contributed by atoms with Crippen LogP contribution >= 0.6 is 11.8 Å². The molecule has 1 heterocycles. The molecule has 1 saturated heterocycles. The summed E-state index contributed by atoms with van der Waals surface area (Å²) >= 11 is 1.59. The lowest BCUT2D eigenvalue weighted by Gasteiger charge is -2.25. The Morgan fingerprint density at radius 3 is 2.67 bits per heavy atom. The number of ether oxygens (including phenoxy) is 1. The fraction of sp³-hybridized carbons (Fsp3) is 0.167. The Labute approximate surface area is 180 Å². The number of methoxy groups -OCH3 is 1. The second kappa shape index (κ2) is 8.63. The van der Waals surface area contributed by atoms with Crippen LogP contribution in [0.4, 0.5) is 11.4 Å². The maximum absolute atomic E-state index is 12.7. The highest BCUT2D eigenvalue weighted by Gasteiger charge is 2.34. The SMILES string of the molecule is COc1cccc(C(=O)Nc2cccc(C3SCC(=O)N3c3cccc(C)c3)c2)c1. The maximum atomic E-state index is 12.7. The zero-order valence-electron chi connectivity index (χ0n) is 16.8. The normalized spacial score (nSPS) is 15.9. The van der Waals surface area contributed by atoms with Crippen molar-refractivity contribution >= 4 is 35.0 Å². The van der Waals surface area contributed by atoms with Gasteiger partial charge in [0, 0.05) is 16.9 Å². The predicted octanol–water partition coefficient (Wildman–Crippen LogP) is 5.03. The number of aryl methyl sites for hydroxylation is 1. The van der Waals surface area contributed by atoms with Crippen LogP contribution < -0.4 is 15.0 Å². The van der Waals surface area contributed by atoms with E-state index in [2.05, 4.69) is 5.32 Å². The first-order valence-electron chi connectivity index (χ1n) is 9.61. The van der Waals surface area contributed by atoms with Crippen LogP contribution in [0.25, 0.3) is 0 Å². The second-order valence-corrected chi connectivity index (χ2v) is 8.15. The largest absolute Gasteiger partial charge is 0.497 e. The van der Waals surface area contributed by atoms with Crippen LogP contribution in [0.5, 0.6) is 5.75 Å². The third-order valence-corrected chi connectivity index (χ3v) is 6.12. The van der Waals surface area contributed by atoms with E-state index in [0.717, 1.165) is 16.8 Å². The van der Waals surface area contributed by atoms with E-state index in [1.54, 1.807) is 43.1 Å². The van der Waals surface area contributed by atoms with E-state index in [1.165, 1.54) is 0 Å². The van der Waals surface area contributed by atoms with E-state index in [0.29, 0.717) is 22.8 Å². The number of amides is 2. The van der Waals surface area contributed by atoms with Gasteiger partial charge in [0.1, 0.15) is 11.1 Å². The standard InChI is InChI=1S/C24H22N2O3S/c1-16-6-3-10-20(12-16)26-22(27)15-30-24(26)18-8-4-9-19(13-18)25-23(28)17-7-5-11-21(14-17)29-2/h3-14,24H,15H2,1-2H3,(H,25,28). The van der Waals surface area contributed by atoms with Crippen LogP contribution in [0, 0.1) is 6.92 Å². The van der Waals surface area contributed by atoms with Crippen molar-refractivity contribution in [2.24, 2.45) is 0 Å². The zero-order chi connectivity index (χ0) is 21.1. The number of nitrogens with one attached hydrogen (secondary N) is 1. The van der Waals surface area contributed by atoms with Crippen molar-refractivity contribution in [2.75, 3.05) is 23.1 Å². The fourth-order valence-corrected chi connectivity index (χ4v) is 4.63. The third-order valence-electron chi connectivity index (χ3n) is 4.91. The van der Waals surface area contributed by atoms with E-state index >= 15 is 0 Å². The van der Waals surface area contributed by atoms with Gasteiger partial charge in [-0.3, -0.25) is 14.5 Å². The molecule has 1 atom stereocenters. The van der Waals surface area contributed by atoms with Gasteiger partial charge in [0.15, 0.2) is 0 Å².